The average molecular weight is 367 g/mol. The van der Waals surface area contributed by atoms with Gasteiger partial charge in [-0.05, 0) is 56.4 Å². The lowest BCUT2D eigenvalue weighted by Crippen LogP contribution is -2.27. The summed E-state index contributed by atoms with van der Waals surface area (Å²) in [6.45, 7) is 7.82. The number of allylic oxidation sites excluding steroid dienone is 3. The van der Waals surface area contributed by atoms with Crippen molar-refractivity contribution in [3.63, 3.8) is 0 Å². The Kier molecular flexibility index (Phi) is 6.46. The van der Waals surface area contributed by atoms with Crippen LogP contribution in [-0.4, -0.2) is 18.2 Å². The zero-order valence-electron chi connectivity index (χ0n) is 13.7. The molecule has 0 saturated heterocycles. The van der Waals surface area contributed by atoms with Crippen molar-refractivity contribution in [3.05, 3.63) is 52.0 Å². The number of rotatable bonds is 5. The van der Waals surface area contributed by atoms with Crippen molar-refractivity contribution in [3.8, 4) is 5.75 Å². The van der Waals surface area contributed by atoms with Gasteiger partial charge in [-0.2, -0.15) is 5.10 Å². The van der Waals surface area contributed by atoms with E-state index in [0.29, 0.717) is 21.7 Å². The molecular formula is C18H20Cl2N2O2. The molecule has 0 unspecified atom stereocenters. The van der Waals surface area contributed by atoms with Crippen molar-refractivity contribution in [2.24, 2.45) is 11.0 Å². The van der Waals surface area contributed by atoms with E-state index in [4.69, 9.17) is 27.9 Å². The molecule has 24 heavy (non-hydrogen) atoms. The van der Waals surface area contributed by atoms with Crippen LogP contribution in [0.5, 0.6) is 5.75 Å². The van der Waals surface area contributed by atoms with E-state index in [1.807, 2.05) is 13.8 Å². The minimum absolute atomic E-state index is 0.176. The van der Waals surface area contributed by atoms with Gasteiger partial charge in [0.25, 0.3) is 5.91 Å². The second-order valence-corrected chi connectivity index (χ2v) is 6.67. The van der Waals surface area contributed by atoms with Gasteiger partial charge in [-0.3, -0.25) is 4.79 Å². The molecule has 4 nitrogen and oxygen atoms in total. The Morgan fingerprint density at radius 2 is 2.21 bits per heavy atom. The molecule has 1 amide bonds. The minimum Gasteiger partial charge on any atom is -0.482 e. The molecule has 2 rings (SSSR count). The number of amides is 1. The number of hydrogen-bond donors (Lipinski definition) is 1. The van der Waals surface area contributed by atoms with Gasteiger partial charge >= 0.3 is 0 Å². The number of nitrogens with one attached hydrogen (secondary N) is 1. The van der Waals surface area contributed by atoms with Crippen LogP contribution in [0.3, 0.4) is 0 Å². The molecule has 1 aromatic rings. The smallest absolute Gasteiger partial charge is 0.277 e. The quantitative estimate of drug-likeness (QED) is 0.602. The van der Waals surface area contributed by atoms with Crippen molar-refractivity contribution < 1.29 is 9.53 Å². The zero-order valence-corrected chi connectivity index (χ0v) is 15.2. The maximum absolute atomic E-state index is 11.9. The third-order valence-corrected chi connectivity index (χ3v) is 4.40. The summed E-state index contributed by atoms with van der Waals surface area (Å²) in [5.74, 6) is 0.423. The summed E-state index contributed by atoms with van der Waals surface area (Å²) < 4.78 is 5.38. The first-order chi connectivity index (χ1) is 11.4. The van der Waals surface area contributed by atoms with Crippen LogP contribution in [0.1, 0.15) is 26.7 Å². The molecule has 0 aliphatic heterocycles. The van der Waals surface area contributed by atoms with E-state index in [1.165, 1.54) is 0 Å². The lowest BCUT2D eigenvalue weighted by atomic mass is 9.85. The third-order valence-electron chi connectivity index (χ3n) is 3.87. The molecule has 1 atom stereocenters. The number of halogens is 2. The van der Waals surface area contributed by atoms with Crippen LogP contribution < -0.4 is 10.2 Å². The van der Waals surface area contributed by atoms with E-state index < -0.39 is 0 Å². The molecule has 0 spiro atoms. The molecule has 0 saturated carbocycles. The van der Waals surface area contributed by atoms with Crippen LogP contribution >= 0.6 is 23.2 Å². The topological polar surface area (TPSA) is 50.7 Å². The number of benzene rings is 1. The number of hydrazone groups is 1. The highest BCUT2D eigenvalue weighted by Crippen LogP contribution is 2.28. The van der Waals surface area contributed by atoms with Crippen molar-refractivity contribution in [1.29, 1.82) is 0 Å². The first-order valence-electron chi connectivity index (χ1n) is 7.62. The molecule has 6 heteroatoms. The standard InChI is InChI=1S/C18H20Cl2N2O2/c1-11(2)13-5-4-12(3)16(8-13)21-22-18(23)10-24-17-7-6-14(19)9-15(17)20/h4,6-7,9,13H,1,5,8,10H2,2-3H3,(H,22,23)/b21-16+/t13-/m0/s1. The first-order valence-corrected chi connectivity index (χ1v) is 8.38. The molecule has 0 bridgehead atoms. The van der Waals surface area contributed by atoms with E-state index in [0.717, 1.165) is 29.7 Å². The van der Waals surface area contributed by atoms with Crippen LogP contribution in [0.25, 0.3) is 0 Å². The van der Waals surface area contributed by atoms with E-state index >= 15 is 0 Å². The van der Waals surface area contributed by atoms with Crippen LogP contribution in [0.4, 0.5) is 0 Å². The summed E-state index contributed by atoms with van der Waals surface area (Å²) in [6, 6.07) is 4.83. The molecule has 0 aromatic heterocycles. The Labute approximate surface area is 152 Å². The number of nitrogens with zero attached hydrogens (tertiary/aromatic N) is 1. The van der Waals surface area contributed by atoms with Gasteiger partial charge in [0.05, 0.1) is 10.7 Å². The minimum atomic E-state index is -0.348. The summed E-state index contributed by atoms with van der Waals surface area (Å²) in [6.07, 6.45) is 3.87. The Morgan fingerprint density at radius 1 is 1.46 bits per heavy atom. The highest BCUT2D eigenvalue weighted by Gasteiger charge is 2.18. The highest BCUT2D eigenvalue weighted by atomic mass is 35.5. The Bertz CT molecular complexity index is 711. The fourth-order valence-corrected chi connectivity index (χ4v) is 2.78. The fraction of sp³-hybridized carbons (Fsp3) is 0.333. The van der Waals surface area contributed by atoms with Crippen molar-refractivity contribution in [2.75, 3.05) is 6.61 Å². The molecular weight excluding hydrogens is 347 g/mol. The molecule has 0 radical (unpaired) electrons. The summed E-state index contributed by atoms with van der Waals surface area (Å²) in [5.41, 5.74) is 5.60. The van der Waals surface area contributed by atoms with Gasteiger partial charge in [-0.1, -0.05) is 41.4 Å². The SMILES string of the molecule is C=C(C)[C@H]1CC=C(C)/C(=N/NC(=O)COc2ccc(Cl)cc2Cl)C1. The second kappa shape index (κ2) is 8.36. The Hall–Kier alpha value is -1.78. The monoisotopic (exact) mass is 366 g/mol. The fourth-order valence-electron chi connectivity index (χ4n) is 2.32. The number of ether oxygens (including phenoxy) is 1. The average Bonchev–Trinajstić information content (AvgIpc) is 2.53. The van der Waals surface area contributed by atoms with Gasteiger partial charge in [0, 0.05) is 5.02 Å². The molecule has 0 heterocycles. The summed E-state index contributed by atoms with van der Waals surface area (Å²) in [4.78, 5) is 11.9. The van der Waals surface area contributed by atoms with Gasteiger partial charge < -0.3 is 4.74 Å². The van der Waals surface area contributed by atoms with E-state index in [2.05, 4.69) is 23.2 Å². The van der Waals surface area contributed by atoms with Gasteiger partial charge in [-0.15, -0.1) is 0 Å². The molecule has 128 valence electrons. The van der Waals surface area contributed by atoms with Crippen LogP contribution in [0.15, 0.2) is 47.1 Å². The highest BCUT2D eigenvalue weighted by molar-refractivity contribution is 6.35. The molecule has 1 aliphatic rings. The zero-order chi connectivity index (χ0) is 17.7. The van der Waals surface area contributed by atoms with Crippen molar-refractivity contribution in [1.82, 2.24) is 5.43 Å². The van der Waals surface area contributed by atoms with Gasteiger partial charge in [0.1, 0.15) is 5.75 Å². The summed E-state index contributed by atoms with van der Waals surface area (Å²) in [5, 5.41) is 5.09. The Balaban J connectivity index is 1.91. The van der Waals surface area contributed by atoms with Gasteiger partial charge in [0.15, 0.2) is 6.61 Å². The van der Waals surface area contributed by atoms with Crippen LogP contribution in [-0.2, 0) is 4.79 Å². The van der Waals surface area contributed by atoms with Crippen molar-refractivity contribution in [2.45, 2.75) is 26.7 Å². The number of carbonyl (C=O) groups is 1. The predicted octanol–water partition coefficient (Wildman–Crippen LogP) is 4.78. The van der Waals surface area contributed by atoms with Gasteiger partial charge in [-0.25, -0.2) is 5.43 Å². The van der Waals surface area contributed by atoms with Crippen molar-refractivity contribution >= 4 is 34.8 Å². The maximum Gasteiger partial charge on any atom is 0.277 e. The van der Waals surface area contributed by atoms with Crippen LogP contribution in [0.2, 0.25) is 10.0 Å². The lowest BCUT2D eigenvalue weighted by Gasteiger charge is -2.22. The molecule has 1 aliphatic carbocycles. The van der Waals surface area contributed by atoms with E-state index in [9.17, 15) is 4.79 Å². The molecule has 1 aromatic carbocycles. The van der Waals surface area contributed by atoms with E-state index in [1.54, 1.807) is 18.2 Å². The largest absolute Gasteiger partial charge is 0.482 e. The molecule has 0 fully saturated rings. The predicted molar refractivity (Wildman–Crippen MR) is 98.8 cm³/mol. The Morgan fingerprint density at radius 3 is 2.88 bits per heavy atom. The number of carbonyl (C=O) groups excluding carboxylic acids is 1. The first kappa shape index (κ1) is 18.6. The summed E-state index contributed by atoms with van der Waals surface area (Å²) >= 11 is 11.8. The third kappa shape index (κ3) is 5.11. The lowest BCUT2D eigenvalue weighted by molar-refractivity contribution is -0.123. The van der Waals surface area contributed by atoms with Crippen LogP contribution in [0, 0.1) is 5.92 Å². The molecule has 1 N–H and O–H groups in total. The van der Waals surface area contributed by atoms with E-state index in [-0.39, 0.29) is 12.5 Å². The van der Waals surface area contributed by atoms with Gasteiger partial charge in [0.2, 0.25) is 0 Å². The maximum atomic E-state index is 11.9. The normalized spacial score (nSPS) is 18.9. The second-order valence-electron chi connectivity index (χ2n) is 5.83. The number of hydrogen-bond acceptors (Lipinski definition) is 3. The summed E-state index contributed by atoms with van der Waals surface area (Å²) in [7, 11) is 0.